The number of carbonyl (C=O) groups excluding carboxylic acids is 1. The predicted molar refractivity (Wildman–Crippen MR) is 90.2 cm³/mol. The van der Waals surface area contributed by atoms with Gasteiger partial charge in [0.1, 0.15) is 17.7 Å². The van der Waals surface area contributed by atoms with Crippen LogP contribution in [0, 0.1) is 0 Å². The van der Waals surface area contributed by atoms with Gasteiger partial charge in [-0.2, -0.15) is 0 Å². The molecule has 3 heterocycles. The van der Waals surface area contributed by atoms with Gasteiger partial charge in [-0.1, -0.05) is 0 Å². The highest BCUT2D eigenvalue weighted by molar-refractivity contribution is 5.68. The number of hydrogen-bond acceptors (Lipinski definition) is 6. The second-order valence-corrected chi connectivity index (χ2v) is 7.32. The second-order valence-electron chi connectivity index (χ2n) is 7.32. The van der Waals surface area contributed by atoms with Crippen LogP contribution in [0.5, 0.6) is 0 Å². The topological polar surface area (TPSA) is 67.8 Å². The van der Waals surface area contributed by atoms with Crippen LogP contribution < -0.4 is 4.90 Å². The van der Waals surface area contributed by atoms with Gasteiger partial charge in [-0.3, -0.25) is 0 Å². The first-order valence-corrected chi connectivity index (χ1v) is 8.55. The van der Waals surface area contributed by atoms with E-state index < -0.39 is 5.60 Å². The summed E-state index contributed by atoms with van der Waals surface area (Å²) in [5.41, 5.74) is 0.589. The summed E-state index contributed by atoms with van der Waals surface area (Å²) in [6, 6.07) is 2.06. The van der Waals surface area contributed by atoms with Gasteiger partial charge in [0.15, 0.2) is 0 Å². The normalized spacial score (nSPS) is 21.9. The van der Waals surface area contributed by atoms with Crippen LogP contribution in [0.2, 0.25) is 0 Å². The number of carbonyl (C=O) groups is 1. The maximum Gasteiger partial charge on any atom is 0.410 e. The number of nitrogens with zero attached hydrogens (tertiary/aromatic N) is 4. The first-order chi connectivity index (χ1) is 11.4. The van der Waals surface area contributed by atoms with Gasteiger partial charge in [-0.15, -0.1) is 0 Å². The molecule has 1 unspecified atom stereocenters. The molecule has 0 spiro atoms. The lowest BCUT2D eigenvalue weighted by atomic mass is 10.0. The Balaban J connectivity index is 1.58. The Hall–Kier alpha value is -1.89. The second kappa shape index (κ2) is 6.93. The van der Waals surface area contributed by atoms with Gasteiger partial charge in [0, 0.05) is 44.8 Å². The molecule has 2 aliphatic rings. The fraction of sp³-hybridized carbons (Fsp3) is 0.706. The van der Waals surface area contributed by atoms with E-state index in [1.807, 2.05) is 20.8 Å². The van der Waals surface area contributed by atoms with Gasteiger partial charge < -0.3 is 19.3 Å². The van der Waals surface area contributed by atoms with Crippen LogP contribution in [0.1, 0.15) is 38.8 Å². The largest absolute Gasteiger partial charge is 0.444 e. The van der Waals surface area contributed by atoms with Crippen molar-refractivity contribution in [1.82, 2.24) is 14.9 Å². The molecule has 1 atom stereocenters. The molecule has 7 nitrogen and oxygen atoms in total. The van der Waals surface area contributed by atoms with Gasteiger partial charge in [0.25, 0.3) is 0 Å². The molecule has 0 radical (unpaired) electrons. The van der Waals surface area contributed by atoms with Crippen LogP contribution in [0.4, 0.5) is 10.6 Å². The smallest absolute Gasteiger partial charge is 0.410 e. The molecule has 2 saturated heterocycles. The Bertz CT molecular complexity index is 573. The SMILES string of the molecule is CC(C)(C)OC(=O)N1CCN(c2cc(C3CCOC3)ncn2)CC1. The summed E-state index contributed by atoms with van der Waals surface area (Å²) >= 11 is 0. The average molecular weight is 334 g/mol. The van der Waals surface area contributed by atoms with Crippen LogP contribution in [0.3, 0.4) is 0 Å². The van der Waals surface area contributed by atoms with Crippen molar-refractivity contribution in [3.05, 3.63) is 18.1 Å². The monoisotopic (exact) mass is 334 g/mol. The third kappa shape index (κ3) is 4.14. The van der Waals surface area contributed by atoms with Crippen molar-refractivity contribution in [3.63, 3.8) is 0 Å². The van der Waals surface area contributed by atoms with E-state index in [-0.39, 0.29) is 6.09 Å². The van der Waals surface area contributed by atoms with E-state index in [2.05, 4.69) is 20.9 Å². The number of hydrogen-bond donors (Lipinski definition) is 0. The zero-order chi connectivity index (χ0) is 17.2. The minimum atomic E-state index is -0.459. The van der Waals surface area contributed by atoms with Gasteiger partial charge in [-0.25, -0.2) is 14.8 Å². The third-order valence-electron chi connectivity index (χ3n) is 4.28. The standard InChI is InChI=1S/C17H26N4O3/c1-17(2,3)24-16(22)21-7-5-20(6-8-21)15-10-14(18-12-19-15)13-4-9-23-11-13/h10,12-13H,4-9,11H2,1-3H3. The summed E-state index contributed by atoms with van der Waals surface area (Å²) in [5, 5.41) is 0. The number of amides is 1. The highest BCUT2D eigenvalue weighted by atomic mass is 16.6. The molecule has 0 N–H and O–H groups in total. The van der Waals surface area contributed by atoms with Gasteiger partial charge in [0.05, 0.1) is 12.3 Å². The van der Waals surface area contributed by atoms with Crippen molar-refractivity contribution in [2.45, 2.75) is 38.7 Å². The molecule has 1 amide bonds. The molecule has 7 heteroatoms. The van der Waals surface area contributed by atoms with Crippen LogP contribution in [0.15, 0.2) is 12.4 Å². The van der Waals surface area contributed by atoms with Gasteiger partial charge in [-0.05, 0) is 27.2 Å². The number of piperazine rings is 1. The average Bonchev–Trinajstić information content (AvgIpc) is 3.08. The zero-order valence-corrected chi connectivity index (χ0v) is 14.7. The third-order valence-corrected chi connectivity index (χ3v) is 4.28. The highest BCUT2D eigenvalue weighted by Gasteiger charge is 2.27. The van der Waals surface area contributed by atoms with Crippen molar-refractivity contribution in [2.24, 2.45) is 0 Å². The van der Waals surface area contributed by atoms with E-state index in [0.717, 1.165) is 44.2 Å². The summed E-state index contributed by atoms with van der Waals surface area (Å²) in [4.78, 5) is 24.9. The molecule has 2 fully saturated rings. The molecule has 0 saturated carbocycles. The van der Waals surface area contributed by atoms with Crippen molar-refractivity contribution < 1.29 is 14.3 Å². The number of aromatic nitrogens is 2. The minimum Gasteiger partial charge on any atom is -0.444 e. The molecule has 0 aromatic carbocycles. The number of rotatable bonds is 2. The van der Waals surface area contributed by atoms with E-state index in [9.17, 15) is 4.79 Å². The highest BCUT2D eigenvalue weighted by Crippen LogP contribution is 2.25. The maximum atomic E-state index is 12.1. The molecule has 24 heavy (non-hydrogen) atoms. The molecule has 3 rings (SSSR count). The lowest BCUT2D eigenvalue weighted by Gasteiger charge is -2.36. The van der Waals surface area contributed by atoms with Crippen LogP contribution in [-0.2, 0) is 9.47 Å². The zero-order valence-electron chi connectivity index (χ0n) is 14.7. The maximum absolute atomic E-state index is 12.1. The quantitative estimate of drug-likeness (QED) is 0.824. The van der Waals surface area contributed by atoms with E-state index in [1.54, 1.807) is 11.2 Å². The fourth-order valence-electron chi connectivity index (χ4n) is 2.97. The number of anilines is 1. The van der Waals surface area contributed by atoms with E-state index in [4.69, 9.17) is 9.47 Å². The Morgan fingerprint density at radius 3 is 2.62 bits per heavy atom. The van der Waals surface area contributed by atoms with E-state index >= 15 is 0 Å². The molecular formula is C17H26N4O3. The Kier molecular flexibility index (Phi) is 4.89. The summed E-state index contributed by atoms with van der Waals surface area (Å²) < 4.78 is 10.9. The van der Waals surface area contributed by atoms with E-state index in [1.165, 1.54) is 0 Å². The fourth-order valence-corrected chi connectivity index (χ4v) is 2.97. The molecule has 0 aliphatic carbocycles. The predicted octanol–water partition coefficient (Wildman–Crippen LogP) is 2.04. The molecule has 1 aromatic rings. The first kappa shape index (κ1) is 17.0. The molecule has 1 aromatic heterocycles. The lowest BCUT2D eigenvalue weighted by molar-refractivity contribution is 0.0240. The van der Waals surface area contributed by atoms with Crippen molar-refractivity contribution in [2.75, 3.05) is 44.3 Å². The van der Waals surface area contributed by atoms with Crippen molar-refractivity contribution in [3.8, 4) is 0 Å². The summed E-state index contributed by atoms with van der Waals surface area (Å²) in [6.07, 6.45) is 2.40. The molecule has 0 bridgehead atoms. The van der Waals surface area contributed by atoms with Gasteiger partial charge >= 0.3 is 6.09 Å². The Morgan fingerprint density at radius 1 is 1.25 bits per heavy atom. The summed E-state index contributed by atoms with van der Waals surface area (Å²) in [6.45, 7) is 9.97. The Labute approximate surface area is 143 Å². The first-order valence-electron chi connectivity index (χ1n) is 8.55. The van der Waals surface area contributed by atoms with E-state index in [0.29, 0.717) is 19.0 Å². The van der Waals surface area contributed by atoms with Crippen LogP contribution in [0.25, 0.3) is 0 Å². The molecule has 132 valence electrons. The number of ether oxygens (including phenoxy) is 2. The minimum absolute atomic E-state index is 0.242. The summed E-state index contributed by atoms with van der Waals surface area (Å²) in [5.74, 6) is 1.30. The molecule has 2 aliphatic heterocycles. The van der Waals surface area contributed by atoms with Crippen molar-refractivity contribution >= 4 is 11.9 Å². The molecular weight excluding hydrogens is 308 g/mol. The summed E-state index contributed by atoms with van der Waals surface area (Å²) in [7, 11) is 0. The lowest BCUT2D eigenvalue weighted by Crippen LogP contribution is -2.50. The van der Waals surface area contributed by atoms with Gasteiger partial charge in [0.2, 0.25) is 0 Å². The van der Waals surface area contributed by atoms with Crippen LogP contribution >= 0.6 is 0 Å². The van der Waals surface area contributed by atoms with Crippen LogP contribution in [-0.4, -0.2) is 66.0 Å². The van der Waals surface area contributed by atoms with Crippen molar-refractivity contribution in [1.29, 1.82) is 0 Å². The Morgan fingerprint density at radius 2 is 2.00 bits per heavy atom.